The molecule has 0 aliphatic heterocycles. The molecule has 0 unspecified atom stereocenters. The Morgan fingerprint density at radius 3 is 2.65 bits per heavy atom. The highest BCUT2D eigenvalue weighted by Gasteiger charge is 2.16. The number of rotatable bonds is 5. The van der Waals surface area contributed by atoms with Crippen LogP contribution in [0.2, 0.25) is 0 Å². The maximum Gasteiger partial charge on any atom is 0.273 e. The van der Waals surface area contributed by atoms with Crippen LogP contribution in [0, 0.1) is 0 Å². The van der Waals surface area contributed by atoms with Crippen LogP contribution in [-0.4, -0.2) is 36.8 Å². The Bertz CT molecular complexity index is 507. The third-order valence-electron chi connectivity index (χ3n) is 2.12. The number of sulfonamides is 1. The minimum atomic E-state index is -3.59. The van der Waals surface area contributed by atoms with Crippen LogP contribution in [0.5, 0.6) is 0 Å². The molecule has 1 aromatic heterocycles. The summed E-state index contributed by atoms with van der Waals surface area (Å²) in [5.74, 6) is -0.855. The molecule has 0 aromatic carbocycles. The van der Waals surface area contributed by atoms with Crippen LogP contribution in [0.15, 0.2) is 0 Å². The zero-order chi connectivity index (χ0) is 13.1. The van der Waals surface area contributed by atoms with E-state index in [4.69, 9.17) is 10.9 Å². The summed E-state index contributed by atoms with van der Waals surface area (Å²) in [4.78, 5) is 11.6. The maximum atomic E-state index is 11.6. The summed E-state index contributed by atoms with van der Waals surface area (Å²) in [5.41, 5.74) is 6.69. The largest absolute Gasteiger partial charge is 0.395 e. The van der Waals surface area contributed by atoms with Gasteiger partial charge in [-0.25, -0.2) is 13.6 Å². The second kappa shape index (κ2) is 5.15. The molecule has 0 fully saturated rings. The lowest BCUT2D eigenvalue weighted by Gasteiger charge is -2.02. The first-order chi connectivity index (χ1) is 7.85. The summed E-state index contributed by atoms with van der Waals surface area (Å²) in [6.45, 7) is 1.79. The van der Waals surface area contributed by atoms with E-state index in [0.717, 1.165) is 0 Å². The molecule has 96 valence electrons. The Morgan fingerprint density at radius 1 is 1.53 bits per heavy atom. The number of aromatic amines is 1. The summed E-state index contributed by atoms with van der Waals surface area (Å²) in [5, 5.41) is 13.6. The van der Waals surface area contributed by atoms with Gasteiger partial charge in [-0.2, -0.15) is 5.10 Å². The summed E-state index contributed by atoms with van der Waals surface area (Å²) in [6.07, 6.45) is 0.628. The fraction of sp³-hybridized carbons (Fsp3) is 0.500. The number of nitrogens with two attached hydrogens (primary N) is 2. The zero-order valence-corrected chi connectivity index (χ0v) is 10.2. The Morgan fingerprint density at radius 2 is 2.18 bits per heavy atom. The van der Waals surface area contributed by atoms with Crippen molar-refractivity contribution in [2.45, 2.75) is 13.3 Å². The van der Waals surface area contributed by atoms with Crippen molar-refractivity contribution in [1.29, 1.82) is 0 Å². The molecular formula is C8H15N5O3S. The molecule has 8 nitrogen and oxygen atoms in total. The van der Waals surface area contributed by atoms with Crippen LogP contribution in [0.4, 0.5) is 5.69 Å². The van der Waals surface area contributed by atoms with Crippen molar-refractivity contribution >= 4 is 21.6 Å². The molecule has 6 N–H and O–H groups in total. The number of hydrogen-bond acceptors (Lipinski definition) is 5. The molecule has 0 saturated heterocycles. The van der Waals surface area contributed by atoms with E-state index in [1.807, 2.05) is 6.92 Å². The van der Waals surface area contributed by atoms with Crippen molar-refractivity contribution in [2.75, 3.05) is 18.0 Å². The second-order valence-electron chi connectivity index (χ2n) is 3.44. The van der Waals surface area contributed by atoms with E-state index < -0.39 is 15.9 Å². The molecule has 1 rings (SSSR count). The molecule has 0 aliphatic carbocycles. The van der Waals surface area contributed by atoms with Crippen LogP contribution in [0.3, 0.4) is 0 Å². The van der Waals surface area contributed by atoms with Crippen molar-refractivity contribution in [3.05, 3.63) is 11.4 Å². The van der Waals surface area contributed by atoms with Gasteiger partial charge in [-0.1, -0.05) is 6.92 Å². The van der Waals surface area contributed by atoms with Gasteiger partial charge in [0, 0.05) is 6.54 Å². The highest BCUT2D eigenvalue weighted by Crippen LogP contribution is 2.13. The number of aryl methyl sites for hydroxylation is 1. The van der Waals surface area contributed by atoms with Gasteiger partial charge >= 0.3 is 0 Å². The van der Waals surface area contributed by atoms with E-state index in [2.05, 4.69) is 15.5 Å². The first kappa shape index (κ1) is 13.5. The summed E-state index contributed by atoms with van der Waals surface area (Å²) in [6, 6.07) is 0. The third-order valence-corrected chi connectivity index (χ3v) is 2.90. The minimum absolute atomic E-state index is 0.0660. The number of aromatic nitrogens is 2. The number of hydrogen-bond donors (Lipinski definition) is 4. The monoisotopic (exact) mass is 261 g/mol. The normalized spacial score (nSPS) is 11.4. The highest BCUT2D eigenvalue weighted by molar-refractivity contribution is 7.89. The highest BCUT2D eigenvalue weighted by atomic mass is 32.2. The lowest BCUT2D eigenvalue weighted by Crippen LogP contribution is -2.32. The van der Waals surface area contributed by atoms with Gasteiger partial charge in [0.05, 0.1) is 17.1 Å². The molecule has 0 radical (unpaired) electrons. The number of nitrogens with zero attached hydrogens (tertiary/aromatic N) is 1. The number of carbonyl (C=O) groups excluding carboxylic acids is 1. The molecule has 0 saturated carbocycles. The van der Waals surface area contributed by atoms with Crippen molar-refractivity contribution in [3.8, 4) is 0 Å². The first-order valence-corrected chi connectivity index (χ1v) is 6.68. The molecule has 17 heavy (non-hydrogen) atoms. The molecule has 0 spiro atoms. The van der Waals surface area contributed by atoms with E-state index in [9.17, 15) is 13.2 Å². The molecular weight excluding hydrogens is 246 g/mol. The number of nitrogens with one attached hydrogen (secondary N) is 2. The predicted octanol–water partition coefficient (Wildman–Crippen LogP) is -1.43. The molecule has 9 heteroatoms. The fourth-order valence-corrected chi connectivity index (χ4v) is 1.61. The van der Waals surface area contributed by atoms with Crippen LogP contribution >= 0.6 is 0 Å². The van der Waals surface area contributed by atoms with Crippen molar-refractivity contribution in [2.24, 2.45) is 5.14 Å². The SMILES string of the molecule is CCc1[nH]nc(C(=O)NCCS(N)(=O)=O)c1N. The molecule has 1 amide bonds. The van der Waals surface area contributed by atoms with Crippen LogP contribution in [-0.2, 0) is 16.4 Å². The van der Waals surface area contributed by atoms with Gasteiger partial charge in [-0.3, -0.25) is 9.89 Å². The number of amides is 1. The minimum Gasteiger partial charge on any atom is -0.395 e. The molecule has 0 atom stereocenters. The average molecular weight is 261 g/mol. The maximum absolute atomic E-state index is 11.6. The van der Waals surface area contributed by atoms with E-state index >= 15 is 0 Å². The van der Waals surface area contributed by atoms with Crippen LogP contribution < -0.4 is 16.2 Å². The number of primary sulfonamides is 1. The number of H-pyrrole nitrogens is 1. The van der Waals surface area contributed by atoms with E-state index in [-0.39, 0.29) is 23.7 Å². The third kappa shape index (κ3) is 3.71. The Balaban J connectivity index is 2.61. The molecule has 1 aromatic rings. The lowest BCUT2D eigenvalue weighted by atomic mass is 10.2. The van der Waals surface area contributed by atoms with Crippen molar-refractivity contribution in [3.63, 3.8) is 0 Å². The van der Waals surface area contributed by atoms with Gasteiger partial charge in [0.2, 0.25) is 10.0 Å². The first-order valence-electron chi connectivity index (χ1n) is 4.96. The summed E-state index contributed by atoms with van der Waals surface area (Å²) >= 11 is 0. The van der Waals surface area contributed by atoms with Crippen molar-refractivity contribution in [1.82, 2.24) is 15.5 Å². The smallest absolute Gasteiger partial charge is 0.273 e. The lowest BCUT2D eigenvalue weighted by molar-refractivity contribution is 0.0952. The van der Waals surface area contributed by atoms with Gasteiger partial charge in [-0.15, -0.1) is 0 Å². The summed E-state index contributed by atoms with van der Waals surface area (Å²) in [7, 11) is -3.59. The second-order valence-corrected chi connectivity index (χ2v) is 5.17. The van der Waals surface area contributed by atoms with Crippen LogP contribution in [0.1, 0.15) is 23.1 Å². The Labute approximate surface area is 98.8 Å². The number of carbonyl (C=O) groups is 1. The predicted molar refractivity (Wildman–Crippen MR) is 62.7 cm³/mol. The number of nitrogen functional groups attached to an aromatic ring is 1. The van der Waals surface area contributed by atoms with E-state index in [0.29, 0.717) is 12.1 Å². The van der Waals surface area contributed by atoms with Crippen LogP contribution in [0.25, 0.3) is 0 Å². The fourth-order valence-electron chi connectivity index (χ4n) is 1.22. The Kier molecular flexibility index (Phi) is 4.07. The van der Waals surface area contributed by atoms with E-state index in [1.54, 1.807) is 0 Å². The molecule has 1 heterocycles. The summed E-state index contributed by atoms with van der Waals surface area (Å²) < 4.78 is 21.3. The van der Waals surface area contributed by atoms with Gasteiger partial charge in [0.1, 0.15) is 0 Å². The molecule has 0 bridgehead atoms. The number of anilines is 1. The molecule has 0 aliphatic rings. The van der Waals surface area contributed by atoms with Gasteiger partial charge in [0.15, 0.2) is 5.69 Å². The van der Waals surface area contributed by atoms with Gasteiger partial charge in [0.25, 0.3) is 5.91 Å². The quantitative estimate of drug-likeness (QED) is 0.513. The van der Waals surface area contributed by atoms with E-state index in [1.165, 1.54) is 0 Å². The van der Waals surface area contributed by atoms with Gasteiger partial charge < -0.3 is 11.1 Å². The zero-order valence-electron chi connectivity index (χ0n) is 9.36. The Hall–Kier alpha value is -1.61. The topological polar surface area (TPSA) is 144 Å². The van der Waals surface area contributed by atoms with Gasteiger partial charge in [-0.05, 0) is 6.42 Å². The van der Waals surface area contributed by atoms with Crippen molar-refractivity contribution < 1.29 is 13.2 Å². The average Bonchev–Trinajstić information content (AvgIpc) is 2.57. The standard InChI is InChI=1S/C8H15N5O3S/c1-2-5-6(9)7(13-12-5)8(14)11-3-4-17(10,15)16/h2-4,9H2,1H3,(H,11,14)(H,12,13)(H2,10,15,16).